The van der Waals surface area contributed by atoms with E-state index in [1.54, 1.807) is 0 Å². The lowest BCUT2D eigenvalue weighted by molar-refractivity contribution is -0.263. The molecule has 14 nitrogen and oxygen atoms in total. The number of thioether (sulfide) groups is 1. The minimum absolute atomic E-state index is 0.122. The maximum absolute atomic E-state index is 13.3. The van der Waals surface area contributed by atoms with Crippen molar-refractivity contribution < 1.29 is 75.2 Å². The van der Waals surface area contributed by atoms with Gasteiger partial charge in [0, 0.05) is 52.7 Å². The van der Waals surface area contributed by atoms with Crippen molar-refractivity contribution in [2.75, 3.05) is 24.8 Å². The van der Waals surface area contributed by atoms with Crippen molar-refractivity contribution in [2.45, 2.75) is 78.0 Å². The van der Waals surface area contributed by atoms with Crippen LogP contribution in [0.25, 0.3) is 0 Å². The molecule has 18 heteroatoms. The standard InChI is InChI=1S/C25H32F3NO13S/c1-12(30)20(39-14(3)32)21(40-15(4)33)22(41-16(5)34)25(42-17(6)35,10-38-13(2)31)29-11-43-9-19(29)24(36)37-8-7-18(26)23(27)28/h19-22H,7-11H2,1-6H3/t19?,20?,21-,22+,25-/m0/s1. The summed E-state index contributed by atoms with van der Waals surface area (Å²) >= 11 is 1.03. The molecule has 2 unspecified atom stereocenters. The predicted molar refractivity (Wildman–Crippen MR) is 137 cm³/mol. The van der Waals surface area contributed by atoms with Crippen LogP contribution in [0.15, 0.2) is 11.9 Å². The largest absolute Gasteiger partial charge is 0.464 e. The van der Waals surface area contributed by atoms with Gasteiger partial charge in [0.15, 0.2) is 29.9 Å². The SMILES string of the molecule is CC(=O)OC[C@](OC(C)=O)([C@H](OC(C)=O)[C@@H](OC(C)=O)C(OC(C)=O)C(C)=O)N1CSCC1C(=O)OCCC(F)=C(F)F. The lowest BCUT2D eigenvalue weighted by atomic mass is 9.92. The van der Waals surface area contributed by atoms with E-state index in [4.69, 9.17) is 28.4 Å². The topological polar surface area (TPSA) is 178 Å². The molecule has 1 saturated heterocycles. The van der Waals surface area contributed by atoms with Gasteiger partial charge in [0.05, 0.1) is 6.61 Å². The Labute approximate surface area is 248 Å². The third-order valence-electron chi connectivity index (χ3n) is 5.54. The molecule has 1 heterocycles. The lowest BCUT2D eigenvalue weighted by Crippen LogP contribution is -2.70. The van der Waals surface area contributed by atoms with Crippen LogP contribution in [0.3, 0.4) is 0 Å². The van der Waals surface area contributed by atoms with E-state index in [1.807, 2.05) is 0 Å². The van der Waals surface area contributed by atoms with Crippen molar-refractivity contribution >= 4 is 53.4 Å². The molecule has 5 atom stereocenters. The minimum atomic E-state index is -2.60. The number of carbonyl (C=O) groups is 7. The molecule has 0 aromatic carbocycles. The Morgan fingerprint density at radius 2 is 1.40 bits per heavy atom. The lowest BCUT2D eigenvalue weighted by Gasteiger charge is -2.47. The first kappa shape index (κ1) is 37.4. The highest BCUT2D eigenvalue weighted by Crippen LogP contribution is 2.38. The minimum Gasteiger partial charge on any atom is -0.464 e. The molecule has 0 aromatic rings. The van der Waals surface area contributed by atoms with Crippen molar-refractivity contribution in [1.29, 1.82) is 0 Å². The Balaban J connectivity index is 3.91. The van der Waals surface area contributed by atoms with Crippen LogP contribution < -0.4 is 0 Å². The Bertz CT molecular complexity index is 1130. The summed E-state index contributed by atoms with van der Waals surface area (Å²) in [4.78, 5) is 87.8. The van der Waals surface area contributed by atoms with Crippen LogP contribution >= 0.6 is 11.8 Å². The smallest absolute Gasteiger partial charge is 0.324 e. The molecule has 43 heavy (non-hydrogen) atoms. The number of halogens is 3. The highest BCUT2D eigenvalue weighted by atomic mass is 32.2. The quantitative estimate of drug-likeness (QED) is 0.185. The zero-order valence-electron chi connectivity index (χ0n) is 24.1. The molecule has 0 radical (unpaired) electrons. The van der Waals surface area contributed by atoms with Crippen LogP contribution in [-0.4, -0.2) is 101 Å². The molecule has 0 spiro atoms. The Morgan fingerprint density at radius 3 is 1.86 bits per heavy atom. The van der Waals surface area contributed by atoms with Crippen LogP contribution in [0, 0.1) is 0 Å². The summed E-state index contributed by atoms with van der Waals surface area (Å²) in [7, 11) is 0. The second kappa shape index (κ2) is 16.8. The Hall–Kier alpha value is -3.67. The van der Waals surface area contributed by atoms with Crippen LogP contribution in [0.2, 0.25) is 0 Å². The number of esters is 6. The second-order valence-electron chi connectivity index (χ2n) is 9.03. The average molecular weight is 644 g/mol. The molecule has 0 bridgehead atoms. The van der Waals surface area contributed by atoms with Crippen LogP contribution in [-0.2, 0) is 62.0 Å². The van der Waals surface area contributed by atoms with Gasteiger partial charge in [-0.15, -0.1) is 11.8 Å². The average Bonchev–Trinajstić information content (AvgIpc) is 3.37. The van der Waals surface area contributed by atoms with E-state index in [9.17, 15) is 46.7 Å². The Morgan fingerprint density at radius 1 is 0.814 bits per heavy atom. The van der Waals surface area contributed by atoms with Crippen LogP contribution in [0.4, 0.5) is 13.2 Å². The van der Waals surface area contributed by atoms with Gasteiger partial charge in [-0.3, -0.25) is 33.6 Å². The fraction of sp³-hybridized carbons (Fsp3) is 0.640. The van der Waals surface area contributed by atoms with E-state index in [0.29, 0.717) is 0 Å². The summed E-state index contributed by atoms with van der Waals surface area (Å²) in [6.45, 7) is 3.73. The number of rotatable bonds is 15. The van der Waals surface area contributed by atoms with Gasteiger partial charge in [-0.2, -0.15) is 8.78 Å². The van der Waals surface area contributed by atoms with Gasteiger partial charge in [0.25, 0.3) is 0 Å². The molecule has 1 aliphatic heterocycles. The van der Waals surface area contributed by atoms with E-state index in [1.165, 1.54) is 0 Å². The van der Waals surface area contributed by atoms with Crippen molar-refractivity contribution in [3.8, 4) is 0 Å². The van der Waals surface area contributed by atoms with Crippen LogP contribution in [0.1, 0.15) is 48.0 Å². The predicted octanol–water partition coefficient (Wildman–Crippen LogP) is 1.58. The fourth-order valence-corrected chi connectivity index (χ4v) is 5.24. The number of hydrogen-bond acceptors (Lipinski definition) is 15. The van der Waals surface area contributed by atoms with E-state index in [-0.39, 0.29) is 11.6 Å². The molecule has 1 aliphatic rings. The van der Waals surface area contributed by atoms with Crippen molar-refractivity contribution in [3.63, 3.8) is 0 Å². The molecule has 0 amide bonds. The number of ether oxygens (including phenoxy) is 6. The molecule has 0 aromatic heterocycles. The Kier molecular flexibility index (Phi) is 14.6. The molecule has 242 valence electrons. The van der Waals surface area contributed by atoms with E-state index >= 15 is 0 Å². The maximum atomic E-state index is 13.3. The van der Waals surface area contributed by atoms with Gasteiger partial charge in [0.2, 0.25) is 5.72 Å². The van der Waals surface area contributed by atoms with Crippen molar-refractivity contribution in [1.82, 2.24) is 4.90 Å². The molecular formula is C25H32F3NO13S. The number of hydrogen-bond donors (Lipinski definition) is 0. The van der Waals surface area contributed by atoms with Crippen LogP contribution in [0.5, 0.6) is 0 Å². The van der Waals surface area contributed by atoms with Gasteiger partial charge in [-0.25, -0.2) is 9.29 Å². The van der Waals surface area contributed by atoms with Gasteiger partial charge in [-0.05, 0) is 6.92 Å². The van der Waals surface area contributed by atoms with Gasteiger partial charge < -0.3 is 28.4 Å². The normalized spacial score (nSPS) is 18.1. The number of ketones is 1. The highest BCUT2D eigenvalue weighted by molar-refractivity contribution is 7.99. The summed E-state index contributed by atoms with van der Waals surface area (Å²) in [5.74, 6) is -9.49. The first-order chi connectivity index (χ1) is 19.9. The molecular weight excluding hydrogens is 611 g/mol. The third kappa shape index (κ3) is 11.2. The number of carbonyl (C=O) groups excluding carboxylic acids is 7. The number of Topliss-reactive ketones (excluding diaryl/α,β-unsaturated/α-hetero) is 1. The van der Waals surface area contributed by atoms with Crippen molar-refractivity contribution in [2.24, 2.45) is 0 Å². The monoisotopic (exact) mass is 643 g/mol. The molecule has 1 fully saturated rings. The van der Waals surface area contributed by atoms with Gasteiger partial charge >= 0.3 is 41.9 Å². The summed E-state index contributed by atoms with van der Waals surface area (Å²) in [6, 6.07) is -1.46. The van der Waals surface area contributed by atoms with E-state index in [0.717, 1.165) is 58.2 Å². The summed E-state index contributed by atoms with van der Waals surface area (Å²) < 4.78 is 69.6. The molecule has 0 N–H and O–H groups in total. The number of nitrogens with zero attached hydrogens (tertiary/aromatic N) is 1. The first-order valence-corrected chi connectivity index (χ1v) is 13.6. The zero-order chi connectivity index (χ0) is 33.1. The summed E-state index contributed by atoms with van der Waals surface area (Å²) in [6.07, 6.45) is -9.70. The highest BCUT2D eigenvalue weighted by Gasteiger charge is 2.61. The van der Waals surface area contributed by atoms with Gasteiger partial charge in [0.1, 0.15) is 12.6 Å². The molecule has 0 saturated carbocycles. The van der Waals surface area contributed by atoms with E-state index < -0.39 is 103 Å². The summed E-state index contributed by atoms with van der Waals surface area (Å²) in [5.41, 5.74) is -2.57. The van der Waals surface area contributed by atoms with Crippen molar-refractivity contribution in [3.05, 3.63) is 11.9 Å². The second-order valence-corrected chi connectivity index (χ2v) is 10.0. The van der Waals surface area contributed by atoms with Gasteiger partial charge in [-0.1, -0.05) is 0 Å². The maximum Gasteiger partial charge on any atom is 0.324 e. The summed E-state index contributed by atoms with van der Waals surface area (Å²) in [5, 5.41) is 0. The third-order valence-corrected chi connectivity index (χ3v) is 6.56. The fourth-order valence-electron chi connectivity index (χ4n) is 4.00. The molecule has 0 aliphatic carbocycles. The first-order valence-electron chi connectivity index (χ1n) is 12.5. The van der Waals surface area contributed by atoms with E-state index in [2.05, 4.69) is 0 Å². The zero-order valence-corrected chi connectivity index (χ0v) is 25.0. The molecule has 1 rings (SSSR count).